The van der Waals surface area contributed by atoms with E-state index < -0.39 is 0 Å². The molecule has 1 aliphatic heterocycles. The zero-order valence-electron chi connectivity index (χ0n) is 18.7. The number of likely N-dealkylation sites (tertiary alicyclic amines) is 1. The number of rotatable bonds is 7. The summed E-state index contributed by atoms with van der Waals surface area (Å²) in [5, 5.41) is 0.616. The van der Waals surface area contributed by atoms with E-state index in [9.17, 15) is 9.59 Å². The molecule has 3 aromatic carbocycles. The van der Waals surface area contributed by atoms with Crippen LogP contribution in [0.15, 0.2) is 84.9 Å². The molecular formula is C28H29ClN2O2. The number of hydrogen-bond donors (Lipinski definition) is 0. The molecule has 0 bridgehead atoms. The molecule has 0 spiro atoms. The number of hydrogen-bond acceptors (Lipinski definition) is 2. The second kappa shape index (κ2) is 11.2. The molecule has 0 aromatic heterocycles. The first-order valence-corrected chi connectivity index (χ1v) is 11.9. The number of halogens is 1. The molecule has 1 heterocycles. The van der Waals surface area contributed by atoms with Crippen molar-refractivity contribution in [2.75, 3.05) is 19.6 Å². The van der Waals surface area contributed by atoms with Gasteiger partial charge in [0.15, 0.2) is 0 Å². The minimum absolute atomic E-state index is 0.00258. The fourth-order valence-corrected chi connectivity index (χ4v) is 4.47. The lowest BCUT2D eigenvalue weighted by molar-refractivity contribution is -0.137. The van der Waals surface area contributed by atoms with Gasteiger partial charge in [0, 0.05) is 42.7 Å². The topological polar surface area (TPSA) is 40.6 Å². The van der Waals surface area contributed by atoms with Gasteiger partial charge in [-0.1, -0.05) is 72.3 Å². The lowest BCUT2D eigenvalue weighted by Gasteiger charge is -2.34. The summed E-state index contributed by atoms with van der Waals surface area (Å²) in [6.07, 6.45) is 2.21. The van der Waals surface area contributed by atoms with Gasteiger partial charge in [-0.15, -0.1) is 0 Å². The van der Waals surface area contributed by atoms with E-state index in [4.69, 9.17) is 11.6 Å². The summed E-state index contributed by atoms with van der Waals surface area (Å²) in [5.41, 5.74) is 3.00. The second-order valence-corrected chi connectivity index (χ2v) is 8.99. The van der Waals surface area contributed by atoms with Gasteiger partial charge in [0.05, 0.1) is 0 Å². The summed E-state index contributed by atoms with van der Waals surface area (Å²) in [5.74, 6) is 0.134. The van der Waals surface area contributed by atoms with Gasteiger partial charge >= 0.3 is 0 Å². The van der Waals surface area contributed by atoms with Crippen molar-refractivity contribution in [3.8, 4) is 0 Å². The van der Waals surface area contributed by atoms with Crippen LogP contribution in [-0.2, 0) is 17.8 Å². The average Bonchev–Trinajstić information content (AvgIpc) is 2.87. The molecule has 0 saturated carbocycles. The summed E-state index contributed by atoms with van der Waals surface area (Å²) in [6, 6.07) is 27.4. The van der Waals surface area contributed by atoms with Gasteiger partial charge in [-0.25, -0.2) is 0 Å². The number of nitrogens with zero attached hydrogens (tertiary/aromatic N) is 2. The van der Waals surface area contributed by atoms with E-state index in [0.29, 0.717) is 49.6 Å². The Morgan fingerprint density at radius 2 is 1.39 bits per heavy atom. The molecule has 5 heteroatoms. The Bertz CT molecular complexity index is 1050. The molecule has 2 amide bonds. The standard InChI is InChI=1S/C28H29ClN2O2/c29-26-13-11-24(12-14-26)27(32)30-19-16-25(17-20-30)28(33)31(21-23-9-5-2-6-10-23)18-15-22-7-3-1-4-8-22/h1-14,25H,15-21H2. The van der Waals surface area contributed by atoms with Crippen LogP contribution in [0.25, 0.3) is 0 Å². The Labute approximate surface area is 200 Å². The third-order valence-electron chi connectivity index (χ3n) is 6.26. The van der Waals surface area contributed by atoms with Crippen LogP contribution in [0.1, 0.15) is 34.3 Å². The Morgan fingerprint density at radius 3 is 2.00 bits per heavy atom. The second-order valence-electron chi connectivity index (χ2n) is 8.55. The van der Waals surface area contributed by atoms with Crippen LogP contribution in [0.2, 0.25) is 5.02 Å². The molecular weight excluding hydrogens is 432 g/mol. The Morgan fingerprint density at radius 1 is 0.818 bits per heavy atom. The fraction of sp³-hybridized carbons (Fsp3) is 0.286. The maximum absolute atomic E-state index is 13.5. The van der Waals surface area contributed by atoms with Crippen LogP contribution < -0.4 is 0 Å². The van der Waals surface area contributed by atoms with E-state index in [1.165, 1.54) is 5.56 Å². The van der Waals surface area contributed by atoms with E-state index in [1.54, 1.807) is 24.3 Å². The van der Waals surface area contributed by atoms with Crippen LogP contribution in [0.4, 0.5) is 0 Å². The molecule has 0 radical (unpaired) electrons. The Kier molecular flexibility index (Phi) is 7.79. The van der Waals surface area contributed by atoms with Gasteiger partial charge in [-0.2, -0.15) is 0 Å². The maximum atomic E-state index is 13.5. The molecule has 0 aliphatic carbocycles. The van der Waals surface area contributed by atoms with E-state index in [2.05, 4.69) is 24.3 Å². The van der Waals surface area contributed by atoms with Crippen molar-refractivity contribution in [2.45, 2.75) is 25.8 Å². The fourth-order valence-electron chi connectivity index (χ4n) is 4.34. The molecule has 0 unspecified atom stereocenters. The van der Waals surface area contributed by atoms with Gasteiger partial charge in [0.1, 0.15) is 0 Å². The molecule has 170 valence electrons. The SMILES string of the molecule is O=C(c1ccc(Cl)cc1)N1CCC(C(=O)N(CCc2ccccc2)Cc2ccccc2)CC1. The third-order valence-corrected chi connectivity index (χ3v) is 6.52. The van der Waals surface area contributed by atoms with E-state index in [0.717, 1.165) is 12.0 Å². The maximum Gasteiger partial charge on any atom is 0.253 e. The molecule has 1 saturated heterocycles. The van der Waals surface area contributed by atoms with Crippen LogP contribution in [0, 0.1) is 5.92 Å². The molecule has 0 N–H and O–H groups in total. The van der Waals surface area contributed by atoms with Gasteiger partial charge < -0.3 is 9.80 Å². The molecule has 33 heavy (non-hydrogen) atoms. The quantitative estimate of drug-likeness (QED) is 0.469. The normalized spacial score (nSPS) is 14.2. The highest BCUT2D eigenvalue weighted by Crippen LogP contribution is 2.23. The number of piperidine rings is 1. The number of benzene rings is 3. The predicted octanol–water partition coefficient (Wildman–Crippen LogP) is 5.46. The third kappa shape index (κ3) is 6.23. The Hall–Kier alpha value is -3.11. The van der Waals surface area contributed by atoms with Crippen molar-refractivity contribution in [2.24, 2.45) is 5.92 Å². The molecule has 4 rings (SSSR count). The average molecular weight is 461 g/mol. The minimum Gasteiger partial charge on any atom is -0.339 e. The number of carbonyl (C=O) groups excluding carboxylic acids is 2. The zero-order chi connectivity index (χ0) is 23.0. The highest BCUT2D eigenvalue weighted by Gasteiger charge is 2.30. The first-order chi connectivity index (χ1) is 16.1. The van der Waals surface area contributed by atoms with Crippen LogP contribution in [0.5, 0.6) is 0 Å². The number of carbonyl (C=O) groups is 2. The zero-order valence-corrected chi connectivity index (χ0v) is 19.5. The van der Waals surface area contributed by atoms with Crippen molar-refractivity contribution >= 4 is 23.4 Å². The van der Waals surface area contributed by atoms with Gasteiger partial charge in [-0.3, -0.25) is 9.59 Å². The highest BCUT2D eigenvalue weighted by atomic mass is 35.5. The van der Waals surface area contributed by atoms with Crippen LogP contribution in [-0.4, -0.2) is 41.2 Å². The van der Waals surface area contributed by atoms with Crippen molar-refractivity contribution in [1.82, 2.24) is 9.80 Å². The van der Waals surface area contributed by atoms with Crippen LogP contribution in [0.3, 0.4) is 0 Å². The van der Waals surface area contributed by atoms with Crippen molar-refractivity contribution in [3.05, 3.63) is 107 Å². The summed E-state index contributed by atoms with van der Waals surface area (Å²) >= 11 is 5.94. The van der Waals surface area contributed by atoms with Gasteiger partial charge in [0.2, 0.25) is 5.91 Å². The largest absolute Gasteiger partial charge is 0.339 e. The van der Waals surface area contributed by atoms with Crippen molar-refractivity contribution < 1.29 is 9.59 Å². The Balaban J connectivity index is 1.39. The molecule has 1 aliphatic rings. The van der Waals surface area contributed by atoms with E-state index in [-0.39, 0.29) is 17.7 Å². The first-order valence-electron chi connectivity index (χ1n) is 11.5. The summed E-state index contributed by atoms with van der Waals surface area (Å²) < 4.78 is 0. The summed E-state index contributed by atoms with van der Waals surface area (Å²) in [4.78, 5) is 30.2. The lowest BCUT2D eigenvalue weighted by Crippen LogP contribution is -2.44. The highest BCUT2D eigenvalue weighted by molar-refractivity contribution is 6.30. The lowest BCUT2D eigenvalue weighted by atomic mass is 9.94. The number of amides is 2. The van der Waals surface area contributed by atoms with Crippen molar-refractivity contribution in [1.29, 1.82) is 0 Å². The summed E-state index contributed by atoms with van der Waals surface area (Å²) in [7, 11) is 0. The molecule has 0 atom stereocenters. The van der Waals surface area contributed by atoms with Crippen molar-refractivity contribution in [3.63, 3.8) is 0 Å². The van der Waals surface area contributed by atoms with E-state index in [1.807, 2.05) is 46.2 Å². The minimum atomic E-state index is -0.0567. The predicted molar refractivity (Wildman–Crippen MR) is 132 cm³/mol. The van der Waals surface area contributed by atoms with Gasteiger partial charge in [0.25, 0.3) is 5.91 Å². The van der Waals surface area contributed by atoms with E-state index >= 15 is 0 Å². The molecule has 1 fully saturated rings. The van der Waals surface area contributed by atoms with Crippen LogP contribution >= 0.6 is 11.6 Å². The van der Waals surface area contributed by atoms with Gasteiger partial charge in [-0.05, 0) is 54.7 Å². The first kappa shape index (κ1) is 23.1. The monoisotopic (exact) mass is 460 g/mol. The smallest absolute Gasteiger partial charge is 0.253 e. The molecule has 4 nitrogen and oxygen atoms in total. The summed E-state index contributed by atoms with van der Waals surface area (Å²) in [6.45, 7) is 2.48. The molecule has 3 aromatic rings.